The van der Waals surface area contributed by atoms with Crippen LogP contribution in [0.1, 0.15) is 74.6 Å². The molecular formula is C18H27N5O2. The minimum atomic E-state index is 0.0264. The van der Waals surface area contributed by atoms with Gasteiger partial charge in [0.2, 0.25) is 5.89 Å². The Hall–Kier alpha value is -2.18. The van der Waals surface area contributed by atoms with Gasteiger partial charge in [0.25, 0.3) is 5.91 Å². The lowest BCUT2D eigenvalue weighted by Gasteiger charge is -2.30. The minimum Gasteiger partial charge on any atom is -0.339 e. The summed E-state index contributed by atoms with van der Waals surface area (Å²) in [5, 5.41) is 8.35. The van der Waals surface area contributed by atoms with Crippen molar-refractivity contribution in [2.45, 2.75) is 58.9 Å². The van der Waals surface area contributed by atoms with Crippen molar-refractivity contribution in [1.82, 2.24) is 24.8 Å². The average Bonchev–Trinajstić information content (AvgIpc) is 3.23. The highest BCUT2D eigenvalue weighted by atomic mass is 16.5. The van der Waals surface area contributed by atoms with Crippen LogP contribution >= 0.6 is 0 Å². The molecule has 2 aromatic rings. The zero-order valence-electron chi connectivity index (χ0n) is 15.5. The molecule has 7 heteroatoms. The second kappa shape index (κ2) is 7.37. The van der Waals surface area contributed by atoms with Crippen molar-refractivity contribution >= 4 is 5.91 Å². The van der Waals surface area contributed by atoms with Gasteiger partial charge in [-0.25, -0.2) is 0 Å². The van der Waals surface area contributed by atoms with E-state index in [4.69, 9.17) is 4.52 Å². The Balaban J connectivity index is 1.67. The van der Waals surface area contributed by atoms with Gasteiger partial charge < -0.3 is 9.42 Å². The molecule has 0 radical (unpaired) electrons. The zero-order chi connectivity index (χ0) is 18.0. The van der Waals surface area contributed by atoms with E-state index in [0.717, 1.165) is 31.6 Å². The van der Waals surface area contributed by atoms with E-state index in [1.807, 2.05) is 29.6 Å². The van der Waals surface area contributed by atoms with Crippen LogP contribution in [0.4, 0.5) is 0 Å². The molecule has 1 saturated heterocycles. The predicted octanol–water partition coefficient (Wildman–Crippen LogP) is 3.07. The molecule has 3 heterocycles. The third kappa shape index (κ3) is 4.08. The third-order valence-electron chi connectivity index (χ3n) is 4.51. The van der Waals surface area contributed by atoms with Gasteiger partial charge in [0.05, 0.1) is 17.7 Å². The molecule has 7 nitrogen and oxygen atoms in total. The average molecular weight is 345 g/mol. The lowest BCUT2D eigenvalue weighted by atomic mass is 9.97. The Morgan fingerprint density at radius 1 is 1.36 bits per heavy atom. The van der Waals surface area contributed by atoms with Crippen molar-refractivity contribution < 1.29 is 9.32 Å². The summed E-state index contributed by atoms with van der Waals surface area (Å²) in [6, 6.07) is 0.244. The van der Waals surface area contributed by atoms with Crippen LogP contribution in [0.3, 0.4) is 0 Å². The zero-order valence-corrected chi connectivity index (χ0v) is 15.5. The van der Waals surface area contributed by atoms with Crippen LogP contribution in [-0.2, 0) is 6.42 Å². The number of rotatable bonds is 5. The van der Waals surface area contributed by atoms with Crippen LogP contribution in [0.2, 0.25) is 0 Å². The lowest BCUT2D eigenvalue weighted by Crippen LogP contribution is -2.39. The number of likely N-dealkylation sites (tertiary alicyclic amines) is 1. The molecule has 136 valence electrons. The van der Waals surface area contributed by atoms with Gasteiger partial charge >= 0.3 is 0 Å². The summed E-state index contributed by atoms with van der Waals surface area (Å²) in [6.45, 7) is 9.73. The summed E-state index contributed by atoms with van der Waals surface area (Å²) in [5.41, 5.74) is 0.639. The Bertz CT molecular complexity index is 719. The van der Waals surface area contributed by atoms with E-state index < -0.39 is 0 Å². The first-order valence-electron chi connectivity index (χ1n) is 9.10. The highest BCUT2D eigenvalue weighted by Crippen LogP contribution is 2.27. The normalized spacial score (nSPS) is 18.3. The quantitative estimate of drug-likeness (QED) is 0.832. The first kappa shape index (κ1) is 17.6. The molecule has 3 rings (SSSR count). The van der Waals surface area contributed by atoms with Crippen LogP contribution in [0, 0.1) is 5.92 Å². The largest absolute Gasteiger partial charge is 0.339 e. The maximum atomic E-state index is 12.8. The highest BCUT2D eigenvalue weighted by molar-refractivity contribution is 5.93. The van der Waals surface area contributed by atoms with Crippen molar-refractivity contribution in [2.75, 3.05) is 13.1 Å². The standard InChI is InChI=1S/C18H27N5O2/c1-12(2)8-16-20-17(25-21-16)14-6-5-7-22(10-14)18(24)15-9-19-23(11-15)13(3)4/h9,11-14H,5-8,10H2,1-4H3/t14-/m0/s1. The molecule has 1 amide bonds. The van der Waals surface area contributed by atoms with E-state index in [2.05, 4.69) is 29.1 Å². The molecule has 0 N–H and O–H groups in total. The van der Waals surface area contributed by atoms with E-state index in [1.165, 1.54) is 0 Å². The maximum absolute atomic E-state index is 12.8. The molecule has 2 aromatic heterocycles. The molecule has 0 unspecified atom stereocenters. The SMILES string of the molecule is CC(C)Cc1noc([C@H]2CCCN(C(=O)c3cnn(C(C)C)c3)C2)n1. The fourth-order valence-electron chi connectivity index (χ4n) is 3.16. The van der Waals surface area contributed by atoms with E-state index in [-0.39, 0.29) is 17.9 Å². The number of nitrogens with zero attached hydrogens (tertiary/aromatic N) is 5. The maximum Gasteiger partial charge on any atom is 0.257 e. The van der Waals surface area contributed by atoms with Gasteiger partial charge in [0.1, 0.15) is 0 Å². The summed E-state index contributed by atoms with van der Waals surface area (Å²) in [6.07, 6.45) is 6.20. The number of aromatic nitrogens is 4. The van der Waals surface area contributed by atoms with Gasteiger partial charge in [-0.1, -0.05) is 19.0 Å². The molecule has 0 spiro atoms. The Morgan fingerprint density at radius 2 is 2.16 bits per heavy atom. The van der Waals surface area contributed by atoms with Gasteiger partial charge in [-0.15, -0.1) is 0 Å². The third-order valence-corrected chi connectivity index (χ3v) is 4.51. The fourth-order valence-corrected chi connectivity index (χ4v) is 3.16. The molecule has 0 aromatic carbocycles. The number of amides is 1. The van der Waals surface area contributed by atoms with E-state index in [1.54, 1.807) is 6.20 Å². The Kier molecular flexibility index (Phi) is 5.20. The highest BCUT2D eigenvalue weighted by Gasteiger charge is 2.29. The summed E-state index contributed by atoms with van der Waals surface area (Å²) >= 11 is 0. The first-order chi connectivity index (χ1) is 11.9. The summed E-state index contributed by atoms with van der Waals surface area (Å²) in [4.78, 5) is 19.2. The van der Waals surface area contributed by atoms with Gasteiger partial charge in [-0.2, -0.15) is 10.1 Å². The van der Waals surface area contributed by atoms with Crippen molar-refractivity contribution in [3.05, 3.63) is 29.7 Å². The van der Waals surface area contributed by atoms with E-state index in [0.29, 0.717) is 23.9 Å². The van der Waals surface area contributed by atoms with Crippen LogP contribution < -0.4 is 0 Å². The predicted molar refractivity (Wildman–Crippen MR) is 93.3 cm³/mol. The molecule has 25 heavy (non-hydrogen) atoms. The fraction of sp³-hybridized carbons (Fsp3) is 0.667. The topological polar surface area (TPSA) is 77.0 Å². The molecule has 0 bridgehead atoms. The Labute approximate surface area is 148 Å². The molecule has 1 fully saturated rings. The summed E-state index contributed by atoms with van der Waals surface area (Å²) in [5.74, 6) is 2.05. The number of hydrogen-bond acceptors (Lipinski definition) is 5. The molecule has 1 aliphatic rings. The monoisotopic (exact) mass is 345 g/mol. The van der Waals surface area contributed by atoms with Crippen LogP contribution in [0.15, 0.2) is 16.9 Å². The lowest BCUT2D eigenvalue weighted by molar-refractivity contribution is 0.0695. The van der Waals surface area contributed by atoms with Crippen LogP contribution in [0.5, 0.6) is 0 Å². The van der Waals surface area contributed by atoms with E-state index in [9.17, 15) is 4.79 Å². The minimum absolute atomic E-state index is 0.0264. The number of carbonyl (C=O) groups excluding carboxylic acids is 1. The van der Waals surface area contributed by atoms with Crippen molar-refractivity contribution in [2.24, 2.45) is 5.92 Å². The second-order valence-electron chi connectivity index (χ2n) is 7.54. The molecular weight excluding hydrogens is 318 g/mol. The van der Waals surface area contributed by atoms with Crippen molar-refractivity contribution in [3.8, 4) is 0 Å². The van der Waals surface area contributed by atoms with Gasteiger partial charge in [0.15, 0.2) is 5.82 Å². The number of carbonyl (C=O) groups is 1. The van der Waals surface area contributed by atoms with E-state index >= 15 is 0 Å². The first-order valence-corrected chi connectivity index (χ1v) is 9.10. The summed E-state index contributed by atoms with van der Waals surface area (Å²) < 4.78 is 7.27. The number of hydrogen-bond donors (Lipinski definition) is 0. The van der Waals surface area contributed by atoms with Crippen molar-refractivity contribution in [1.29, 1.82) is 0 Å². The van der Waals surface area contributed by atoms with Crippen molar-refractivity contribution in [3.63, 3.8) is 0 Å². The van der Waals surface area contributed by atoms with Gasteiger partial charge in [-0.3, -0.25) is 9.48 Å². The van der Waals surface area contributed by atoms with Gasteiger partial charge in [0, 0.05) is 31.7 Å². The molecule has 1 atom stereocenters. The molecule has 0 aliphatic carbocycles. The van der Waals surface area contributed by atoms with Crippen LogP contribution in [-0.4, -0.2) is 43.8 Å². The summed E-state index contributed by atoms with van der Waals surface area (Å²) in [7, 11) is 0. The van der Waals surface area contributed by atoms with Gasteiger partial charge in [-0.05, 0) is 32.6 Å². The molecule has 0 saturated carbocycles. The second-order valence-corrected chi connectivity index (χ2v) is 7.54. The molecule has 1 aliphatic heterocycles. The smallest absolute Gasteiger partial charge is 0.257 e. The Morgan fingerprint density at radius 3 is 2.84 bits per heavy atom. The number of piperidine rings is 1. The van der Waals surface area contributed by atoms with Crippen LogP contribution in [0.25, 0.3) is 0 Å².